The predicted octanol–water partition coefficient (Wildman–Crippen LogP) is 3.15. The van der Waals surface area contributed by atoms with Crippen LogP contribution in [0.25, 0.3) is 11.1 Å². The first kappa shape index (κ1) is 25.1. The molecule has 0 bridgehead atoms. The van der Waals surface area contributed by atoms with Crippen molar-refractivity contribution in [3.05, 3.63) is 60.5 Å². The number of para-hydroxylation sites is 2. The van der Waals surface area contributed by atoms with E-state index in [1.54, 1.807) is 42.5 Å². The minimum atomic E-state index is -3.76. The molecule has 9 nitrogen and oxygen atoms in total. The SMILES string of the molecule is O=C(CNC(=O)[C@@H]1C[C@@H](S(=O)(=O)c2ccccc2)CN1C(=O)C1CCCCC1)c1nc2ccccc2o1. The topological polar surface area (TPSA) is 127 Å². The molecule has 3 aromatic rings. The van der Waals surface area contributed by atoms with E-state index in [1.807, 2.05) is 0 Å². The van der Waals surface area contributed by atoms with Crippen LogP contribution in [0.3, 0.4) is 0 Å². The van der Waals surface area contributed by atoms with Crippen molar-refractivity contribution in [3.8, 4) is 0 Å². The molecule has 2 aliphatic rings. The molecular formula is C27H29N3O6S. The Labute approximate surface area is 215 Å². The van der Waals surface area contributed by atoms with Crippen molar-refractivity contribution in [1.29, 1.82) is 0 Å². The lowest BCUT2D eigenvalue weighted by molar-refractivity contribution is -0.142. The Morgan fingerprint density at radius 1 is 0.973 bits per heavy atom. The molecule has 1 N–H and O–H groups in total. The highest BCUT2D eigenvalue weighted by Gasteiger charge is 2.46. The van der Waals surface area contributed by atoms with Gasteiger partial charge in [0.1, 0.15) is 11.6 Å². The van der Waals surface area contributed by atoms with Crippen LogP contribution >= 0.6 is 0 Å². The van der Waals surface area contributed by atoms with Crippen LogP contribution in [0.1, 0.15) is 49.2 Å². The normalized spacial score (nSPS) is 20.7. The molecule has 2 fully saturated rings. The molecule has 0 radical (unpaired) electrons. The molecule has 1 saturated heterocycles. The fourth-order valence-corrected chi connectivity index (χ4v) is 6.97. The highest BCUT2D eigenvalue weighted by Crippen LogP contribution is 2.32. The van der Waals surface area contributed by atoms with Gasteiger partial charge in [0.2, 0.25) is 17.6 Å². The molecule has 5 rings (SSSR count). The highest BCUT2D eigenvalue weighted by molar-refractivity contribution is 7.92. The number of sulfone groups is 1. The van der Waals surface area contributed by atoms with Gasteiger partial charge >= 0.3 is 0 Å². The van der Waals surface area contributed by atoms with Crippen LogP contribution in [0.15, 0.2) is 63.9 Å². The van der Waals surface area contributed by atoms with E-state index >= 15 is 0 Å². The zero-order chi connectivity index (χ0) is 26.0. The molecule has 2 heterocycles. The van der Waals surface area contributed by atoms with Gasteiger partial charge in [-0.3, -0.25) is 14.4 Å². The van der Waals surface area contributed by atoms with Crippen LogP contribution in [-0.4, -0.2) is 60.3 Å². The average Bonchev–Trinajstić information content (AvgIpc) is 3.58. The van der Waals surface area contributed by atoms with E-state index in [9.17, 15) is 22.8 Å². The van der Waals surface area contributed by atoms with Crippen LogP contribution < -0.4 is 5.32 Å². The third kappa shape index (κ3) is 5.16. The molecular weight excluding hydrogens is 494 g/mol. The monoisotopic (exact) mass is 523 g/mol. The van der Waals surface area contributed by atoms with Gasteiger partial charge in [-0.2, -0.15) is 0 Å². The summed E-state index contributed by atoms with van der Waals surface area (Å²) in [7, 11) is -3.76. The number of nitrogens with one attached hydrogen (secondary N) is 1. The van der Waals surface area contributed by atoms with Gasteiger partial charge in [-0.15, -0.1) is 0 Å². The maximum absolute atomic E-state index is 13.4. The fourth-order valence-electron chi connectivity index (χ4n) is 5.25. The molecule has 2 amide bonds. The summed E-state index contributed by atoms with van der Waals surface area (Å²) in [4.78, 5) is 45.1. The lowest BCUT2D eigenvalue weighted by atomic mass is 9.88. The molecule has 2 atom stereocenters. The Hall–Kier alpha value is -3.53. The summed E-state index contributed by atoms with van der Waals surface area (Å²) < 4.78 is 32.2. The number of hydrogen-bond donors (Lipinski definition) is 1. The van der Waals surface area contributed by atoms with Crippen molar-refractivity contribution in [2.75, 3.05) is 13.1 Å². The number of benzene rings is 2. The largest absolute Gasteiger partial charge is 0.434 e. The number of nitrogens with zero attached hydrogens (tertiary/aromatic N) is 2. The van der Waals surface area contributed by atoms with Gasteiger partial charge in [0.15, 0.2) is 15.4 Å². The second-order valence-corrected chi connectivity index (χ2v) is 11.9. The summed E-state index contributed by atoms with van der Waals surface area (Å²) in [6.45, 7) is -0.423. The van der Waals surface area contributed by atoms with Gasteiger partial charge in [0.25, 0.3) is 5.89 Å². The molecule has 0 spiro atoms. The molecule has 194 valence electrons. The van der Waals surface area contributed by atoms with E-state index in [2.05, 4.69) is 10.3 Å². The Bertz CT molecular complexity index is 1380. The zero-order valence-electron chi connectivity index (χ0n) is 20.3. The van der Waals surface area contributed by atoms with Gasteiger partial charge in [-0.1, -0.05) is 49.6 Å². The Balaban J connectivity index is 1.33. The number of oxazole rings is 1. The minimum absolute atomic E-state index is 0.0292. The Kier molecular flexibility index (Phi) is 7.10. The van der Waals surface area contributed by atoms with Crippen LogP contribution in [0.5, 0.6) is 0 Å². The summed E-state index contributed by atoms with van der Waals surface area (Å²) in [6.07, 6.45) is 4.37. The smallest absolute Gasteiger partial charge is 0.266 e. The number of carbonyl (C=O) groups excluding carboxylic acids is 3. The molecule has 1 saturated carbocycles. The quantitative estimate of drug-likeness (QED) is 0.471. The summed E-state index contributed by atoms with van der Waals surface area (Å²) in [5, 5.41) is 1.68. The minimum Gasteiger partial charge on any atom is -0.434 e. The van der Waals surface area contributed by atoms with E-state index in [4.69, 9.17) is 4.42 Å². The summed E-state index contributed by atoms with van der Waals surface area (Å²) in [5.74, 6) is -1.59. The van der Waals surface area contributed by atoms with E-state index in [0.717, 1.165) is 32.1 Å². The van der Waals surface area contributed by atoms with Crippen LogP contribution in [0, 0.1) is 5.92 Å². The summed E-state index contributed by atoms with van der Waals surface area (Å²) >= 11 is 0. The van der Waals surface area contributed by atoms with Crippen molar-refractivity contribution in [2.45, 2.75) is 54.7 Å². The standard InChI is InChI=1S/C27H29N3O6S/c31-23(26-29-21-13-7-8-14-24(21)36-26)16-28-25(32)22-15-20(37(34,35)19-11-5-2-6-12-19)17-30(22)27(33)18-9-3-1-4-10-18/h2,5-8,11-14,18,20,22H,1,3-4,9-10,15-17H2,(H,28,32)/t20-,22+/m1/s1. The van der Waals surface area contributed by atoms with E-state index in [0.29, 0.717) is 11.1 Å². The van der Waals surface area contributed by atoms with Gasteiger partial charge in [0, 0.05) is 12.5 Å². The lowest BCUT2D eigenvalue weighted by Crippen LogP contribution is -2.49. The number of amides is 2. The molecule has 10 heteroatoms. The first-order chi connectivity index (χ1) is 17.8. The van der Waals surface area contributed by atoms with Gasteiger partial charge < -0.3 is 14.6 Å². The number of hydrogen-bond acceptors (Lipinski definition) is 7. The van der Waals surface area contributed by atoms with Gasteiger partial charge in [-0.05, 0) is 43.5 Å². The van der Waals surface area contributed by atoms with Gasteiger partial charge in [0.05, 0.1) is 16.7 Å². The van der Waals surface area contributed by atoms with Crippen LogP contribution in [0.2, 0.25) is 0 Å². The number of rotatable bonds is 7. The fraction of sp³-hybridized carbons (Fsp3) is 0.407. The summed E-state index contributed by atoms with van der Waals surface area (Å²) in [5.41, 5.74) is 0.998. The Morgan fingerprint density at radius 2 is 1.68 bits per heavy atom. The molecule has 37 heavy (non-hydrogen) atoms. The van der Waals surface area contributed by atoms with E-state index in [-0.39, 0.29) is 42.1 Å². The van der Waals surface area contributed by atoms with E-state index in [1.165, 1.54) is 17.0 Å². The third-order valence-corrected chi connectivity index (χ3v) is 9.42. The maximum atomic E-state index is 13.4. The molecule has 1 aliphatic heterocycles. The van der Waals surface area contributed by atoms with Crippen molar-refractivity contribution < 1.29 is 27.2 Å². The van der Waals surface area contributed by atoms with Gasteiger partial charge in [-0.25, -0.2) is 13.4 Å². The highest BCUT2D eigenvalue weighted by atomic mass is 32.2. The molecule has 2 aromatic carbocycles. The second kappa shape index (κ2) is 10.5. The van der Waals surface area contributed by atoms with Crippen molar-refractivity contribution >= 4 is 38.5 Å². The number of ketones is 1. The number of likely N-dealkylation sites (tertiary alicyclic amines) is 1. The molecule has 1 aliphatic carbocycles. The predicted molar refractivity (Wildman–Crippen MR) is 135 cm³/mol. The maximum Gasteiger partial charge on any atom is 0.266 e. The van der Waals surface area contributed by atoms with Crippen LogP contribution in [-0.2, 0) is 19.4 Å². The first-order valence-corrected chi connectivity index (χ1v) is 14.1. The number of fused-ring (bicyclic) bond motifs is 1. The third-order valence-electron chi connectivity index (χ3n) is 7.27. The number of carbonyl (C=O) groups is 3. The average molecular weight is 524 g/mol. The van der Waals surface area contributed by atoms with E-state index < -0.39 is 32.8 Å². The van der Waals surface area contributed by atoms with Crippen molar-refractivity contribution in [2.24, 2.45) is 5.92 Å². The van der Waals surface area contributed by atoms with Crippen LogP contribution in [0.4, 0.5) is 0 Å². The molecule has 1 aromatic heterocycles. The number of Topliss-reactive ketones (excluding diaryl/α,β-unsaturated/α-hetero) is 1. The summed E-state index contributed by atoms with van der Waals surface area (Å²) in [6, 6.07) is 14.0. The zero-order valence-corrected chi connectivity index (χ0v) is 21.2. The Morgan fingerprint density at radius 3 is 2.41 bits per heavy atom. The number of aromatic nitrogens is 1. The lowest BCUT2D eigenvalue weighted by Gasteiger charge is -2.30. The second-order valence-electron chi connectivity index (χ2n) is 9.68. The first-order valence-electron chi connectivity index (χ1n) is 12.6. The van der Waals surface area contributed by atoms with Crippen molar-refractivity contribution in [1.82, 2.24) is 15.2 Å². The molecule has 0 unspecified atom stereocenters. The van der Waals surface area contributed by atoms with Crippen molar-refractivity contribution in [3.63, 3.8) is 0 Å².